The summed E-state index contributed by atoms with van der Waals surface area (Å²) in [5.41, 5.74) is 3.13. The van der Waals surface area contributed by atoms with Crippen LogP contribution < -0.4 is 5.32 Å². The molecule has 0 spiro atoms. The van der Waals surface area contributed by atoms with Gasteiger partial charge in [0.1, 0.15) is 29.7 Å². The highest BCUT2D eigenvalue weighted by Gasteiger charge is 2.05. The van der Waals surface area contributed by atoms with Crippen molar-refractivity contribution in [2.45, 2.75) is 0 Å². The maximum absolute atomic E-state index is 9.05. The molecule has 6 nitrogen and oxygen atoms in total. The van der Waals surface area contributed by atoms with Crippen LogP contribution in [0.15, 0.2) is 59.8 Å². The van der Waals surface area contributed by atoms with Gasteiger partial charge < -0.3 is 10.3 Å². The highest BCUT2D eigenvalue weighted by atomic mass is 14.9. The molecule has 0 amide bonds. The van der Waals surface area contributed by atoms with Gasteiger partial charge in [0.2, 0.25) is 0 Å². The monoisotopic (exact) mass is 336 g/mol. The zero-order chi connectivity index (χ0) is 18.4. The first kappa shape index (κ1) is 16.5. The molecular weight excluding hydrogens is 324 g/mol. The summed E-state index contributed by atoms with van der Waals surface area (Å²) >= 11 is 0. The van der Waals surface area contributed by atoms with E-state index in [-0.39, 0.29) is 11.3 Å². The van der Waals surface area contributed by atoms with Crippen molar-refractivity contribution in [1.29, 1.82) is 15.8 Å². The molecule has 1 heterocycles. The minimum atomic E-state index is -0.249. The number of hydrogen-bond acceptors (Lipinski definition) is 5. The molecule has 0 atom stereocenters. The number of allylic oxidation sites excluding steroid dienone is 2. The first-order valence-electron chi connectivity index (χ1n) is 7.68. The lowest BCUT2D eigenvalue weighted by atomic mass is 10.1. The third-order valence-electron chi connectivity index (χ3n) is 3.61. The number of H-pyrrole nitrogens is 1. The van der Waals surface area contributed by atoms with Crippen LogP contribution in [-0.2, 0) is 0 Å². The van der Waals surface area contributed by atoms with Crippen LogP contribution in [0.3, 0.4) is 0 Å². The molecular formula is C20H12N6. The van der Waals surface area contributed by atoms with Gasteiger partial charge in [0.05, 0.1) is 11.0 Å². The summed E-state index contributed by atoms with van der Waals surface area (Å²) < 4.78 is 0. The number of hydrogen-bond donors (Lipinski definition) is 2. The Morgan fingerprint density at radius 1 is 0.923 bits per heavy atom. The number of aromatic amines is 1. The topological polar surface area (TPSA) is 112 Å². The molecule has 0 aliphatic heterocycles. The van der Waals surface area contributed by atoms with E-state index in [4.69, 9.17) is 15.8 Å². The molecule has 0 unspecified atom stereocenters. The van der Waals surface area contributed by atoms with Gasteiger partial charge in [-0.3, -0.25) is 0 Å². The van der Waals surface area contributed by atoms with Crippen molar-refractivity contribution in [3.05, 3.63) is 71.2 Å². The second-order valence-electron chi connectivity index (χ2n) is 5.30. The predicted octanol–water partition coefficient (Wildman–Crippen LogP) is 3.97. The summed E-state index contributed by atoms with van der Waals surface area (Å²) in [6.07, 6.45) is 3.80. The highest BCUT2D eigenvalue weighted by Crippen LogP contribution is 2.16. The van der Waals surface area contributed by atoms with Crippen LogP contribution >= 0.6 is 0 Å². The molecule has 0 bridgehead atoms. The molecule has 3 aromatic rings. The lowest BCUT2D eigenvalue weighted by Gasteiger charge is -2.04. The first-order valence-corrected chi connectivity index (χ1v) is 7.68. The Morgan fingerprint density at radius 3 is 2.31 bits per heavy atom. The SMILES string of the molecule is N#CC(C#N)=C(C#N)Nc1ccc(C=Cc2nc3ccccc3[nH]2)cc1. The van der Waals surface area contributed by atoms with E-state index in [0.29, 0.717) is 5.69 Å². The fourth-order valence-electron chi connectivity index (χ4n) is 2.33. The van der Waals surface area contributed by atoms with Crippen molar-refractivity contribution in [3.8, 4) is 18.2 Å². The number of nitriles is 3. The minimum Gasteiger partial charge on any atom is -0.345 e. The molecule has 3 rings (SSSR count). The van der Waals surface area contributed by atoms with E-state index in [2.05, 4.69) is 15.3 Å². The van der Waals surface area contributed by atoms with Gasteiger partial charge in [-0.15, -0.1) is 0 Å². The standard InChI is InChI=1S/C20H12N6/c21-11-15(12-22)19(13-23)24-16-8-5-14(6-9-16)7-10-20-25-17-3-1-2-4-18(17)26-20/h1-10,24H,(H,25,26). The zero-order valence-electron chi connectivity index (χ0n) is 13.6. The molecule has 26 heavy (non-hydrogen) atoms. The third-order valence-corrected chi connectivity index (χ3v) is 3.61. The van der Waals surface area contributed by atoms with E-state index in [1.165, 1.54) is 0 Å². The van der Waals surface area contributed by atoms with Gasteiger partial charge in [-0.05, 0) is 35.9 Å². The number of fused-ring (bicyclic) bond motifs is 1. The van der Waals surface area contributed by atoms with E-state index >= 15 is 0 Å². The average Bonchev–Trinajstić information content (AvgIpc) is 3.10. The number of benzene rings is 2. The lowest BCUT2D eigenvalue weighted by Crippen LogP contribution is -2.00. The molecule has 1 aromatic heterocycles. The van der Waals surface area contributed by atoms with Crippen molar-refractivity contribution in [2.75, 3.05) is 5.32 Å². The van der Waals surface area contributed by atoms with E-state index in [1.54, 1.807) is 24.3 Å². The van der Waals surface area contributed by atoms with Gasteiger partial charge in [-0.1, -0.05) is 30.3 Å². The molecule has 0 fully saturated rings. The maximum atomic E-state index is 9.05. The summed E-state index contributed by atoms with van der Waals surface area (Å²) in [6.45, 7) is 0. The van der Waals surface area contributed by atoms with Crippen molar-refractivity contribution < 1.29 is 0 Å². The Hall–Kier alpha value is -4.34. The first-order chi connectivity index (χ1) is 12.7. The van der Waals surface area contributed by atoms with Crippen LogP contribution in [0.5, 0.6) is 0 Å². The third kappa shape index (κ3) is 3.59. The maximum Gasteiger partial charge on any atom is 0.163 e. The van der Waals surface area contributed by atoms with E-state index in [1.807, 2.05) is 54.6 Å². The summed E-state index contributed by atoms with van der Waals surface area (Å²) in [5, 5.41) is 29.5. The van der Waals surface area contributed by atoms with Crippen molar-refractivity contribution >= 4 is 28.9 Å². The van der Waals surface area contributed by atoms with E-state index in [0.717, 1.165) is 22.4 Å². The molecule has 0 saturated heterocycles. The molecule has 0 aliphatic carbocycles. The summed E-state index contributed by atoms with van der Waals surface area (Å²) in [7, 11) is 0. The summed E-state index contributed by atoms with van der Waals surface area (Å²) in [4.78, 5) is 7.70. The fourth-order valence-corrected chi connectivity index (χ4v) is 2.33. The van der Waals surface area contributed by atoms with Gasteiger partial charge in [0.25, 0.3) is 0 Å². The number of para-hydroxylation sites is 2. The normalized spacial score (nSPS) is 10.0. The van der Waals surface area contributed by atoms with Gasteiger partial charge in [-0.2, -0.15) is 15.8 Å². The van der Waals surface area contributed by atoms with E-state index in [9.17, 15) is 0 Å². The molecule has 0 aliphatic rings. The molecule has 6 heteroatoms. The molecule has 122 valence electrons. The number of anilines is 1. The number of nitrogens with one attached hydrogen (secondary N) is 2. The predicted molar refractivity (Wildman–Crippen MR) is 99.0 cm³/mol. The summed E-state index contributed by atoms with van der Waals surface area (Å²) in [5.74, 6) is 0.760. The smallest absolute Gasteiger partial charge is 0.163 e. The van der Waals surface area contributed by atoms with Crippen LogP contribution in [0.4, 0.5) is 5.69 Å². The van der Waals surface area contributed by atoms with Crippen LogP contribution in [0.2, 0.25) is 0 Å². The Balaban J connectivity index is 1.76. The van der Waals surface area contributed by atoms with Crippen molar-refractivity contribution in [2.24, 2.45) is 0 Å². The van der Waals surface area contributed by atoms with Gasteiger partial charge >= 0.3 is 0 Å². The van der Waals surface area contributed by atoms with Crippen molar-refractivity contribution in [1.82, 2.24) is 9.97 Å². The molecule has 2 aromatic carbocycles. The van der Waals surface area contributed by atoms with Crippen LogP contribution in [0.25, 0.3) is 23.2 Å². The Kier molecular flexibility index (Phi) is 4.76. The quantitative estimate of drug-likeness (QED) is 0.700. The second kappa shape index (κ2) is 7.49. The molecule has 0 saturated carbocycles. The number of nitrogens with zero attached hydrogens (tertiary/aromatic N) is 4. The Bertz CT molecular complexity index is 1080. The number of rotatable bonds is 4. The second-order valence-corrected chi connectivity index (χ2v) is 5.30. The molecule has 2 N–H and O–H groups in total. The van der Waals surface area contributed by atoms with Crippen LogP contribution in [0.1, 0.15) is 11.4 Å². The fraction of sp³-hybridized carbons (Fsp3) is 0. The summed E-state index contributed by atoms with van der Waals surface area (Å²) in [6, 6.07) is 20.3. The van der Waals surface area contributed by atoms with Gasteiger partial charge in [-0.25, -0.2) is 4.98 Å². The largest absolute Gasteiger partial charge is 0.345 e. The van der Waals surface area contributed by atoms with Gasteiger partial charge in [0.15, 0.2) is 5.57 Å². The van der Waals surface area contributed by atoms with Gasteiger partial charge in [0, 0.05) is 5.69 Å². The Labute approximate surface area is 150 Å². The highest BCUT2D eigenvalue weighted by molar-refractivity contribution is 5.78. The minimum absolute atomic E-state index is 0.0689. The number of imidazole rings is 1. The van der Waals surface area contributed by atoms with E-state index < -0.39 is 0 Å². The van der Waals surface area contributed by atoms with Crippen LogP contribution in [-0.4, -0.2) is 9.97 Å². The molecule has 0 radical (unpaired) electrons. The average molecular weight is 336 g/mol. The zero-order valence-corrected chi connectivity index (χ0v) is 13.6. The Morgan fingerprint density at radius 2 is 1.65 bits per heavy atom. The van der Waals surface area contributed by atoms with Crippen molar-refractivity contribution in [3.63, 3.8) is 0 Å². The number of aromatic nitrogens is 2. The lowest BCUT2D eigenvalue weighted by molar-refractivity contribution is 1.29. The van der Waals surface area contributed by atoms with Crippen LogP contribution in [0, 0.1) is 34.0 Å².